The Hall–Kier alpha value is -1.31. The molecule has 1 aromatic rings. The van der Waals surface area contributed by atoms with E-state index in [0.717, 1.165) is 0 Å². The molecule has 104 valence electrons. The van der Waals surface area contributed by atoms with Gasteiger partial charge >= 0.3 is 5.97 Å². The fraction of sp³-hybridized carbons (Fsp3) is 0.200. The molecular formula is C10H9Cl2NO5S. The number of benzene rings is 1. The third-order valence-electron chi connectivity index (χ3n) is 1.90. The summed E-state index contributed by atoms with van der Waals surface area (Å²) in [7, 11) is -4.00. The van der Waals surface area contributed by atoms with Gasteiger partial charge in [-0.15, -0.1) is 0 Å². The van der Waals surface area contributed by atoms with Gasteiger partial charge in [0.1, 0.15) is 11.5 Å². The number of carboxylic acid groups (broad SMARTS) is 1. The molecule has 0 aromatic heterocycles. The van der Waals surface area contributed by atoms with Crippen LogP contribution in [0.25, 0.3) is 0 Å². The van der Waals surface area contributed by atoms with Gasteiger partial charge in [0.15, 0.2) is 9.84 Å². The van der Waals surface area contributed by atoms with Gasteiger partial charge in [-0.05, 0) is 18.2 Å². The maximum absolute atomic E-state index is 11.5. The molecule has 0 saturated carbocycles. The first-order chi connectivity index (χ1) is 8.69. The van der Waals surface area contributed by atoms with E-state index in [9.17, 15) is 18.0 Å². The highest BCUT2D eigenvalue weighted by Gasteiger charge is 2.20. The standard InChI is InChI=1S/C10H9Cl2NO5S/c11-6-1-2-8(7(12)3-6)13-9(14)4-19(17,18)5-10(15)16/h1-3H,4-5H2,(H,13,14)(H,15,16). The van der Waals surface area contributed by atoms with E-state index in [-0.39, 0.29) is 10.7 Å². The van der Waals surface area contributed by atoms with Crippen molar-refractivity contribution in [3.05, 3.63) is 28.2 Å². The zero-order valence-electron chi connectivity index (χ0n) is 9.39. The number of rotatable bonds is 5. The Morgan fingerprint density at radius 3 is 2.37 bits per heavy atom. The van der Waals surface area contributed by atoms with E-state index in [4.69, 9.17) is 28.3 Å². The minimum atomic E-state index is -4.00. The van der Waals surface area contributed by atoms with Gasteiger partial charge in [0, 0.05) is 5.02 Å². The Balaban J connectivity index is 2.73. The van der Waals surface area contributed by atoms with Crippen molar-refractivity contribution in [2.75, 3.05) is 16.8 Å². The number of amides is 1. The summed E-state index contributed by atoms with van der Waals surface area (Å²) in [5, 5.41) is 11.2. The molecule has 0 atom stereocenters. The first-order valence-corrected chi connectivity index (χ1v) is 7.44. The van der Waals surface area contributed by atoms with E-state index in [1.165, 1.54) is 18.2 Å². The maximum atomic E-state index is 11.5. The second kappa shape index (κ2) is 6.23. The zero-order valence-corrected chi connectivity index (χ0v) is 11.7. The van der Waals surface area contributed by atoms with Crippen LogP contribution in [-0.2, 0) is 19.4 Å². The summed E-state index contributed by atoms with van der Waals surface area (Å²) in [5.41, 5.74) is 0.196. The molecule has 0 heterocycles. The lowest BCUT2D eigenvalue weighted by molar-refractivity contribution is -0.134. The van der Waals surface area contributed by atoms with Crippen LogP contribution in [0.3, 0.4) is 0 Å². The molecular weight excluding hydrogens is 317 g/mol. The summed E-state index contributed by atoms with van der Waals surface area (Å²) in [5.74, 6) is -4.42. The van der Waals surface area contributed by atoms with Gasteiger partial charge in [0.05, 0.1) is 10.7 Å². The van der Waals surface area contributed by atoms with Crippen molar-refractivity contribution < 1.29 is 23.1 Å². The molecule has 0 bridgehead atoms. The first kappa shape index (κ1) is 15.7. The molecule has 9 heteroatoms. The quantitative estimate of drug-likeness (QED) is 0.852. The third kappa shape index (κ3) is 5.46. The van der Waals surface area contributed by atoms with Gasteiger partial charge in [-0.1, -0.05) is 23.2 Å². The van der Waals surface area contributed by atoms with Crippen molar-refractivity contribution in [3.63, 3.8) is 0 Å². The van der Waals surface area contributed by atoms with Crippen molar-refractivity contribution >= 4 is 50.6 Å². The van der Waals surface area contributed by atoms with Crippen LogP contribution in [0.15, 0.2) is 18.2 Å². The molecule has 0 fully saturated rings. The number of carbonyl (C=O) groups excluding carboxylic acids is 1. The lowest BCUT2D eigenvalue weighted by atomic mass is 10.3. The highest BCUT2D eigenvalue weighted by atomic mass is 35.5. The largest absolute Gasteiger partial charge is 0.480 e. The average Bonchev–Trinajstić information content (AvgIpc) is 2.19. The van der Waals surface area contributed by atoms with Gasteiger partial charge in [-0.25, -0.2) is 8.42 Å². The number of halogens is 2. The van der Waals surface area contributed by atoms with E-state index in [1.807, 2.05) is 0 Å². The van der Waals surface area contributed by atoms with E-state index in [1.54, 1.807) is 0 Å². The lowest BCUT2D eigenvalue weighted by Gasteiger charge is -2.07. The lowest BCUT2D eigenvalue weighted by Crippen LogP contribution is -2.27. The van der Waals surface area contributed by atoms with E-state index in [0.29, 0.717) is 5.02 Å². The molecule has 6 nitrogen and oxygen atoms in total. The molecule has 1 aromatic carbocycles. The Kier molecular flexibility index (Phi) is 5.16. The predicted molar refractivity (Wildman–Crippen MR) is 71.4 cm³/mol. The van der Waals surface area contributed by atoms with Gasteiger partial charge in [-0.2, -0.15) is 0 Å². The van der Waals surface area contributed by atoms with Crippen molar-refractivity contribution in [2.45, 2.75) is 0 Å². The first-order valence-electron chi connectivity index (χ1n) is 4.87. The summed E-state index contributed by atoms with van der Waals surface area (Å²) in [6.45, 7) is 0. The number of anilines is 1. The smallest absolute Gasteiger partial charge is 0.318 e. The van der Waals surface area contributed by atoms with E-state index in [2.05, 4.69) is 5.32 Å². The predicted octanol–water partition coefficient (Wildman–Crippen LogP) is 1.43. The Labute approximate surface area is 119 Å². The summed E-state index contributed by atoms with van der Waals surface area (Å²) < 4.78 is 22.6. The van der Waals surface area contributed by atoms with E-state index < -0.39 is 33.2 Å². The number of sulfone groups is 1. The van der Waals surface area contributed by atoms with Crippen LogP contribution >= 0.6 is 23.2 Å². The third-order valence-corrected chi connectivity index (χ3v) is 3.84. The summed E-state index contributed by atoms with van der Waals surface area (Å²) >= 11 is 11.4. The maximum Gasteiger partial charge on any atom is 0.318 e. The van der Waals surface area contributed by atoms with Crippen LogP contribution in [0.4, 0.5) is 5.69 Å². The Morgan fingerprint density at radius 1 is 1.21 bits per heavy atom. The van der Waals surface area contributed by atoms with Crippen LogP contribution in [0, 0.1) is 0 Å². The highest BCUT2D eigenvalue weighted by molar-refractivity contribution is 7.92. The normalized spacial score (nSPS) is 11.1. The molecule has 2 N–H and O–H groups in total. The monoisotopic (exact) mass is 325 g/mol. The average molecular weight is 326 g/mol. The van der Waals surface area contributed by atoms with Crippen LogP contribution < -0.4 is 5.32 Å². The summed E-state index contributed by atoms with van der Waals surface area (Å²) in [6.07, 6.45) is 0. The summed E-state index contributed by atoms with van der Waals surface area (Å²) in [6, 6.07) is 4.26. The minimum Gasteiger partial charge on any atom is -0.480 e. The number of carbonyl (C=O) groups is 2. The topological polar surface area (TPSA) is 101 Å². The van der Waals surface area contributed by atoms with E-state index >= 15 is 0 Å². The van der Waals surface area contributed by atoms with Crippen molar-refractivity contribution in [2.24, 2.45) is 0 Å². The van der Waals surface area contributed by atoms with Crippen LogP contribution in [-0.4, -0.2) is 36.9 Å². The number of aliphatic carboxylic acids is 1. The summed E-state index contributed by atoms with van der Waals surface area (Å²) in [4.78, 5) is 21.8. The second-order valence-electron chi connectivity index (χ2n) is 3.60. The second-order valence-corrected chi connectivity index (χ2v) is 6.51. The number of nitrogens with one attached hydrogen (secondary N) is 1. The molecule has 0 aliphatic carbocycles. The van der Waals surface area contributed by atoms with Crippen LogP contribution in [0.5, 0.6) is 0 Å². The Morgan fingerprint density at radius 2 is 1.84 bits per heavy atom. The van der Waals surface area contributed by atoms with Gasteiger partial charge in [-0.3, -0.25) is 9.59 Å². The molecule has 0 spiro atoms. The van der Waals surface area contributed by atoms with Gasteiger partial charge in [0.2, 0.25) is 5.91 Å². The minimum absolute atomic E-state index is 0.150. The van der Waals surface area contributed by atoms with Crippen LogP contribution in [0.2, 0.25) is 10.0 Å². The van der Waals surface area contributed by atoms with Crippen LogP contribution in [0.1, 0.15) is 0 Å². The number of hydrogen-bond acceptors (Lipinski definition) is 4. The zero-order chi connectivity index (χ0) is 14.6. The van der Waals surface area contributed by atoms with Gasteiger partial charge < -0.3 is 10.4 Å². The van der Waals surface area contributed by atoms with Crippen molar-refractivity contribution in [3.8, 4) is 0 Å². The Bertz CT molecular complexity index is 614. The molecule has 1 amide bonds. The molecule has 19 heavy (non-hydrogen) atoms. The molecule has 0 radical (unpaired) electrons. The number of hydrogen-bond donors (Lipinski definition) is 2. The highest BCUT2D eigenvalue weighted by Crippen LogP contribution is 2.25. The molecule has 1 rings (SSSR count). The number of carboxylic acids is 1. The van der Waals surface area contributed by atoms with Crippen molar-refractivity contribution in [1.82, 2.24) is 0 Å². The fourth-order valence-electron chi connectivity index (χ4n) is 1.22. The fourth-order valence-corrected chi connectivity index (χ4v) is 2.62. The SMILES string of the molecule is O=C(O)CS(=O)(=O)CC(=O)Nc1ccc(Cl)cc1Cl. The molecule has 0 aliphatic heterocycles. The van der Waals surface area contributed by atoms with Gasteiger partial charge in [0.25, 0.3) is 0 Å². The van der Waals surface area contributed by atoms with Crippen molar-refractivity contribution in [1.29, 1.82) is 0 Å². The molecule has 0 aliphatic rings. The molecule has 0 unspecified atom stereocenters. The molecule has 0 saturated heterocycles.